The van der Waals surface area contributed by atoms with Gasteiger partial charge in [0.2, 0.25) is 0 Å². The third-order valence-corrected chi connectivity index (χ3v) is 8.93. The SMILES string of the molecule is C1=Cc2c(sc3ccccc23)C(n2c3ccc(-c4ccccc4)cc3c3cc(-c4ccccc4)ccc32)N1. The van der Waals surface area contributed by atoms with E-state index >= 15 is 0 Å². The van der Waals surface area contributed by atoms with Crippen molar-refractivity contribution < 1.29 is 0 Å². The van der Waals surface area contributed by atoms with Gasteiger partial charge in [-0.1, -0.05) is 91.0 Å². The summed E-state index contributed by atoms with van der Waals surface area (Å²) in [5.74, 6) is 0. The first-order valence-electron chi connectivity index (χ1n) is 13.0. The van der Waals surface area contributed by atoms with E-state index in [1.165, 1.54) is 64.6 Å². The highest BCUT2D eigenvalue weighted by atomic mass is 32.1. The minimum atomic E-state index is 0.0255. The Morgan fingerprint density at radius 3 is 1.76 bits per heavy atom. The number of thiophene rings is 1. The first-order chi connectivity index (χ1) is 18.8. The lowest BCUT2D eigenvalue weighted by molar-refractivity contribution is 0.569. The van der Waals surface area contributed by atoms with Crippen molar-refractivity contribution in [2.75, 3.05) is 0 Å². The quantitative estimate of drug-likeness (QED) is 0.254. The Balaban J connectivity index is 1.41. The van der Waals surface area contributed by atoms with Gasteiger partial charge in [-0.05, 0) is 64.9 Å². The van der Waals surface area contributed by atoms with Gasteiger partial charge in [-0.3, -0.25) is 0 Å². The average Bonchev–Trinajstić information content (AvgIpc) is 3.53. The maximum atomic E-state index is 3.71. The molecule has 0 saturated carbocycles. The van der Waals surface area contributed by atoms with Crippen molar-refractivity contribution in [2.24, 2.45) is 0 Å². The number of rotatable bonds is 3. The fraction of sp³-hybridized carbons (Fsp3) is 0.0286. The number of nitrogens with zero attached hydrogens (tertiary/aromatic N) is 1. The summed E-state index contributed by atoms with van der Waals surface area (Å²) < 4.78 is 3.82. The summed E-state index contributed by atoms with van der Waals surface area (Å²) in [6.07, 6.45) is 4.36. The van der Waals surface area contributed by atoms with Crippen molar-refractivity contribution in [1.82, 2.24) is 9.88 Å². The van der Waals surface area contributed by atoms with Gasteiger partial charge in [0.25, 0.3) is 0 Å². The molecule has 0 bridgehead atoms. The maximum absolute atomic E-state index is 3.71. The van der Waals surface area contributed by atoms with E-state index in [0.717, 1.165) is 0 Å². The molecule has 180 valence electrons. The first-order valence-corrected chi connectivity index (χ1v) is 13.8. The summed E-state index contributed by atoms with van der Waals surface area (Å²) >= 11 is 1.89. The highest BCUT2D eigenvalue weighted by molar-refractivity contribution is 7.19. The van der Waals surface area contributed by atoms with Crippen LogP contribution in [-0.2, 0) is 0 Å². The highest BCUT2D eigenvalue weighted by Gasteiger charge is 2.26. The van der Waals surface area contributed by atoms with Crippen LogP contribution in [0.4, 0.5) is 0 Å². The van der Waals surface area contributed by atoms with Gasteiger partial charge < -0.3 is 9.88 Å². The minimum Gasteiger partial charge on any atom is -0.367 e. The van der Waals surface area contributed by atoms with Gasteiger partial charge in [-0.25, -0.2) is 0 Å². The Kier molecular flexibility index (Phi) is 4.79. The van der Waals surface area contributed by atoms with E-state index in [4.69, 9.17) is 0 Å². The summed E-state index contributed by atoms with van der Waals surface area (Å²) in [4.78, 5) is 1.35. The van der Waals surface area contributed by atoms with Crippen LogP contribution in [0.25, 0.3) is 60.2 Å². The third kappa shape index (κ3) is 3.26. The van der Waals surface area contributed by atoms with Gasteiger partial charge in [0.1, 0.15) is 6.17 Å². The van der Waals surface area contributed by atoms with Gasteiger partial charge >= 0.3 is 0 Å². The molecule has 2 aromatic heterocycles. The Labute approximate surface area is 225 Å². The number of benzene rings is 5. The van der Waals surface area contributed by atoms with Crippen LogP contribution < -0.4 is 5.32 Å². The zero-order chi connectivity index (χ0) is 25.1. The standard InChI is InChI=1S/C35H24N2S/c1-3-9-23(10-4-1)25-15-17-31-29(21-25)30-22-26(24-11-5-2-6-12-24)16-18-32(30)37(31)35-34-28(19-20-36-35)27-13-7-8-14-33(27)38-34/h1-22,35-36H. The lowest BCUT2D eigenvalue weighted by Crippen LogP contribution is -2.25. The number of fused-ring (bicyclic) bond motifs is 6. The van der Waals surface area contributed by atoms with E-state index in [9.17, 15) is 0 Å². The van der Waals surface area contributed by atoms with Crippen molar-refractivity contribution in [3.05, 3.63) is 138 Å². The third-order valence-electron chi connectivity index (χ3n) is 7.69. The zero-order valence-corrected chi connectivity index (χ0v) is 21.5. The summed E-state index contributed by atoms with van der Waals surface area (Å²) in [5, 5.41) is 7.59. The molecule has 0 fully saturated rings. The molecule has 1 aliphatic rings. The first kappa shape index (κ1) is 21.5. The number of hydrogen-bond acceptors (Lipinski definition) is 2. The molecule has 5 aromatic carbocycles. The molecule has 1 aliphatic heterocycles. The van der Waals surface area contributed by atoms with Crippen LogP contribution in [0.3, 0.4) is 0 Å². The van der Waals surface area contributed by atoms with Crippen LogP contribution in [0.2, 0.25) is 0 Å². The molecule has 0 saturated heterocycles. The number of hydrogen-bond donors (Lipinski definition) is 1. The molecule has 0 amide bonds. The van der Waals surface area contributed by atoms with Crippen LogP contribution >= 0.6 is 11.3 Å². The Hall–Kier alpha value is -4.60. The average molecular weight is 505 g/mol. The van der Waals surface area contributed by atoms with Crippen molar-refractivity contribution in [3.63, 3.8) is 0 Å². The predicted octanol–water partition coefficient (Wildman–Crippen LogP) is 9.46. The molecule has 0 aliphatic carbocycles. The molecular formula is C35H24N2S. The van der Waals surface area contributed by atoms with E-state index in [2.05, 4.69) is 143 Å². The minimum absolute atomic E-state index is 0.0255. The summed E-state index contributed by atoms with van der Waals surface area (Å²) in [5.41, 5.74) is 8.75. The summed E-state index contributed by atoms with van der Waals surface area (Å²) in [6, 6.07) is 43.9. The van der Waals surface area contributed by atoms with Gasteiger partial charge in [0.05, 0.1) is 15.9 Å². The molecule has 7 aromatic rings. The second kappa shape index (κ2) is 8.47. The molecule has 1 atom stereocenters. The summed E-state index contributed by atoms with van der Waals surface area (Å²) in [6.45, 7) is 0. The Morgan fingerprint density at radius 2 is 1.13 bits per heavy atom. The van der Waals surface area contributed by atoms with Crippen molar-refractivity contribution in [3.8, 4) is 22.3 Å². The topological polar surface area (TPSA) is 17.0 Å². The highest BCUT2D eigenvalue weighted by Crippen LogP contribution is 2.43. The van der Waals surface area contributed by atoms with E-state index in [-0.39, 0.29) is 6.17 Å². The van der Waals surface area contributed by atoms with E-state index in [0.29, 0.717) is 0 Å². The molecule has 1 unspecified atom stereocenters. The number of nitrogens with one attached hydrogen (secondary N) is 1. The molecule has 3 heteroatoms. The zero-order valence-electron chi connectivity index (χ0n) is 20.6. The van der Waals surface area contributed by atoms with E-state index in [1.807, 2.05) is 11.3 Å². The second-order valence-electron chi connectivity index (χ2n) is 9.84. The summed E-state index contributed by atoms with van der Waals surface area (Å²) in [7, 11) is 0. The van der Waals surface area contributed by atoms with Gasteiger partial charge in [0, 0.05) is 26.4 Å². The lowest BCUT2D eigenvalue weighted by Gasteiger charge is -2.24. The van der Waals surface area contributed by atoms with Crippen LogP contribution in [0.5, 0.6) is 0 Å². The van der Waals surface area contributed by atoms with Crippen LogP contribution in [0.15, 0.2) is 128 Å². The molecule has 1 N–H and O–H groups in total. The fourth-order valence-corrected chi connectivity index (χ4v) is 7.15. The van der Waals surface area contributed by atoms with Gasteiger partial charge in [-0.2, -0.15) is 0 Å². The fourth-order valence-electron chi connectivity index (χ4n) is 5.90. The van der Waals surface area contributed by atoms with Crippen LogP contribution in [-0.4, -0.2) is 4.57 Å². The molecular weight excluding hydrogens is 480 g/mol. The van der Waals surface area contributed by atoms with Crippen molar-refractivity contribution in [1.29, 1.82) is 0 Å². The van der Waals surface area contributed by atoms with Gasteiger partial charge in [-0.15, -0.1) is 11.3 Å². The van der Waals surface area contributed by atoms with Crippen molar-refractivity contribution in [2.45, 2.75) is 6.17 Å². The largest absolute Gasteiger partial charge is 0.367 e. The van der Waals surface area contributed by atoms with E-state index in [1.54, 1.807) is 0 Å². The monoisotopic (exact) mass is 504 g/mol. The van der Waals surface area contributed by atoms with Crippen molar-refractivity contribution >= 4 is 49.3 Å². The van der Waals surface area contributed by atoms with E-state index < -0.39 is 0 Å². The van der Waals surface area contributed by atoms with Crippen LogP contribution in [0.1, 0.15) is 16.6 Å². The van der Waals surface area contributed by atoms with Gasteiger partial charge in [0.15, 0.2) is 0 Å². The normalized spacial score (nSPS) is 14.7. The predicted molar refractivity (Wildman–Crippen MR) is 162 cm³/mol. The second-order valence-corrected chi connectivity index (χ2v) is 10.9. The molecule has 0 radical (unpaired) electrons. The molecule has 0 spiro atoms. The Morgan fingerprint density at radius 1 is 0.553 bits per heavy atom. The molecule has 3 heterocycles. The molecule has 38 heavy (non-hydrogen) atoms. The lowest BCUT2D eigenvalue weighted by atomic mass is 10.0. The molecule has 8 rings (SSSR count). The molecule has 2 nitrogen and oxygen atoms in total. The van der Waals surface area contributed by atoms with Crippen LogP contribution in [0, 0.1) is 0 Å². The Bertz CT molecular complexity index is 1900. The smallest absolute Gasteiger partial charge is 0.140 e. The number of aromatic nitrogens is 1. The maximum Gasteiger partial charge on any atom is 0.140 e.